The molecule has 4 N–H and O–H groups in total. The summed E-state index contributed by atoms with van der Waals surface area (Å²) in [6.07, 6.45) is 37.6. The van der Waals surface area contributed by atoms with Crippen LogP contribution in [0.1, 0.15) is 136 Å². The number of carbonyl (C=O) groups is 3. The van der Waals surface area contributed by atoms with Crippen molar-refractivity contribution in [3.05, 3.63) is 60.8 Å². The van der Waals surface area contributed by atoms with Crippen molar-refractivity contribution >= 4 is 17.8 Å². The van der Waals surface area contributed by atoms with Gasteiger partial charge in [0.2, 0.25) is 5.91 Å². The summed E-state index contributed by atoms with van der Waals surface area (Å²) >= 11 is 0. The molecular weight excluding hydrogens is 552 g/mol. The van der Waals surface area contributed by atoms with E-state index >= 15 is 0 Å². The molecule has 0 aliphatic rings. The Hall–Kier alpha value is -2.93. The van der Waals surface area contributed by atoms with E-state index in [-0.39, 0.29) is 18.0 Å². The normalized spacial score (nSPS) is 13.5. The van der Waals surface area contributed by atoms with E-state index in [1.54, 1.807) is 0 Å². The van der Waals surface area contributed by atoms with Crippen LogP contribution in [0.3, 0.4) is 0 Å². The highest BCUT2D eigenvalue weighted by Crippen LogP contribution is 2.15. The van der Waals surface area contributed by atoms with E-state index in [0.717, 1.165) is 89.9 Å². The average molecular weight is 615 g/mol. The maximum absolute atomic E-state index is 12.4. The van der Waals surface area contributed by atoms with Gasteiger partial charge in [-0.2, -0.15) is 0 Å². The molecule has 0 aromatic rings. The minimum absolute atomic E-state index is 0.0738. The summed E-state index contributed by atoms with van der Waals surface area (Å²) < 4.78 is 5.75. The van der Waals surface area contributed by atoms with E-state index in [9.17, 15) is 19.5 Å². The van der Waals surface area contributed by atoms with Crippen LogP contribution in [0.2, 0.25) is 0 Å². The Bertz CT molecular complexity index is 875. The zero-order chi connectivity index (χ0) is 32.5. The molecule has 0 rings (SSSR count). The minimum atomic E-state index is -1.03. The SMILES string of the molecule is CC/C=C\C/C=C\C/C=C\C/C=C\C/C=C\CCCCCC(=O)OC(CCC)CCCCCC(=O)NC(CCCN)C(=O)O. The highest BCUT2D eigenvalue weighted by Gasteiger charge is 2.19. The zero-order valence-corrected chi connectivity index (χ0v) is 27.7. The molecule has 1 amide bonds. The Morgan fingerprint density at radius 3 is 1.82 bits per heavy atom. The highest BCUT2D eigenvalue weighted by atomic mass is 16.5. The van der Waals surface area contributed by atoms with E-state index in [1.165, 1.54) is 0 Å². The average Bonchev–Trinajstić information content (AvgIpc) is 3.00. The Labute approximate surface area is 268 Å². The van der Waals surface area contributed by atoms with Crippen LogP contribution in [-0.2, 0) is 19.1 Å². The lowest BCUT2D eigenvalue weighted by molar-refractivity contribution is -0.150. The third-order valence-electron chi connectivity index (χ3n) is 7.08. The largest absolute Gasteiger partial charge is 0.480 e. The Morgan fingerprint density at radius 1 is 0.682 bits per heavy atom. The molecule has 7 heteroatoms. The maximum Gasteiger partial charge on any atom is 0.326 e. The van der Waals surface area contributed by atoms with Crippen LogP contribution in [0.25, 0.3) is 0 Å². The Morgan fingerprint density at radius 2 is 1.25 bits per heavy atom. The second-order valence-corrected chi connectivity index (χ2v) is 11.2. The number of nitrogens with two attached hydrogens (primary N) is 1. The summed E-state index contributed by atoms with van der Waals surface area (Å²) in [7, 11) is 0. The lowest BCUT2D eigenvalue weighted by atomic mass is 10.0. The number of carboxylic acid groups (broad SMARTS) is 1. The number of esters is 1. The first-order chi connectivity index (χ1) is 21.4. The van der Waals surface area contributed by atoms with Gasteiger partial charge in [-0.3, -0.25) is 9.59 Å². The van der Waals surface area contributed by atoms with E-state index in [4.69, 9.17) is 10.5 Å². The Balaban J connectivity index is 3.91. The summed E-state index contributed by atoms with van der Waals surface area (Å²) in [5.74, 6) is -1.39. The molecule has 0 bridgehead atoms. The van der Waals surface area contributed by atoms with Crippen molar-refractivity contribution in [2.45, 2.75) is 148 Å². The minimum Gasteiger partial charge on any atom is -0.480 e. The van der Waals surface area contributed by atoms with Crippen LogP contribution in [0.4, 0.5) is 0 Å². The van der Waals surface area contributed by atoms with Gasteiger partial charge in [-0.1, -0.05) is 93.9 Å². The van der Waals surface area contributed by atoms with Gasteiger partial charge in [0.15, 0.2) is 0 Å². The summed E-state index contributed by atoms with van der Waals surface area (Å²) in [4.78, 5) is 35.7. The number of carbonyl (C=O) groups excluding carboxylic acids is 2. The summed E-state index contributed by atoms with van der Waals surface area (Å²) in [5, 5.41) is 11.8. The van der Waals surface area contributed by atoms with Gasteiger partial charge < -0.3 is 20.9 Å². The van der Waals surface area contributed by atoms with Gasteiger partial charge in [0.25, 0.3) is 0 Å². The molecule has 250 valence electrons. The third-order valence-corrected chi connectivity index (χ3v) is 7.08. The summed E-state index contributed by atoms with van der Waals surface area (Å²) in [6, 6.07) is -0.877. The number of ether oxygens (including phenoxy) is 1. The fraction of sp³-hybridized carbons (Fsp3) is 0.649. The van der Waals surface area contributed by atoms with Crippen LogP contribution in [-0.4, -0.2) is 41.6 Å². The molecule has 0 aromatic heterocycles. The number of hydrogen-bond donors (Lipinski definition) is 3. The first kappa shape index (κ1) is 41.1. The molecule has 0 aromatic carbocycles. The van der Waals surface area contributed by atoms with Gasteiger partial charge in [-0.15, -0.1) is 0 Å². The molecule has 0 aliphatic heterocycles. The van der Waals surface area contributed by atoms with Crippen LogP contribution < -0.4 is 11.1 Å². The molecule has 2 atom stereocenters. The molecule has 0 spiro atoms. The number of unbranched alkanes of at least 4 members (excludes halogenated alkanes) is 5. The number of hydrogen-bond acceptors (Lipinski definition) is 5. The Kier molecular flexibility index (Phi) is 29.4. The van der Waals surface area contributed by atoms with Crippen molar-refractivity contribution in [3.63, 3.8) is 0 Å². The molecule has 0 aliphatic carbocycles. The summed E-state index contributed by atoms with van der Waals surface area (Å²) in [5.41, 5.74) is 5.44. The van der Waals surface area contributed by atoms with Gasteiger partial charge in [-0.05, 0) is 96.4 Å². The number of allylic oxidation sites excluding steroid dienone is 10. The topological polar surface area (TPSA) is 119 Å². The predicted molar refractivity (Wildman–Crippen MR) is 183 cm³/mol. The first-order valence-corrected chi connectivity index (χ1v) is 17.1. The van der Waals surface area contributed by atoms with Crippen LogP contribution in [0.5, 0.6) is 0 Å². The van der Waals surface area contributed by atoms with Gasteiger partial charge in [0, 0.05) is 12.8 Å². The fourth-order valence-electron chi connectivity index (χ4n) is 4.59. The van der Waals surface area contributed by atoms with Crippen LogP contribution >= 0.6 is 0 Å². The lowest BCUT2D eigenvalue weighted by Crippen LogP contribution is -2.40. The number of rotatable bonds is 29. The second-order valence-electron chi connectivity index (χ2n) is 11.2. The zero-order valence-electron chi connectivity index (χ0n) is 27.7. The van der Waals surface area contributed by atoms with Crippen molar-refractivity contribution in [2.24, 2.45) is 5.73 Å². The molecule has 2 unspecified atom stereocenters. The smallest absolute Gasteiger partial charge is 0.326 e. The number of carboxylic acids is 1. The van der Waals surface area contributed by atoms with Crippen molar-refractivity contribution in [1.82, 2.24) is 5.32 Å². The van der Waals surface area contributed by atoms with E-state index in [0.29, 0.717) is 38.6 Å². The fourth-order valence-corrected chi connectivity index (χ4v) is 4.59. The van der Waals surface area contributed by atoms with Gasteiger partial charge in [-0.25, -0.2) is 4.79 Å². The van der Waals surface area contributed by atoms with Crippen molar-refractivity contribution < 1.29 is 24.2 Å². The van der Waals surface area contributed by atoms with E-state index in [2.05, 4.69) is 79.9 Å². The number of amides is 1. The van der Waals surface area contributed by atoms with Gasteiger partial charge >= 0.3 is 11.9 Å². The lowest BCUT2D eigenvalue weighted by Gasteiger charge is -2.17. The molecule has 44 heavy (non-hydrogen) atoms. The molecule has 7 nitrogen and oxygen atoms in total. The van der Waals surface area contributed by atoms with Crippen molar-refractivity contribution in [2.75, 3.05) is 6.54 Å². The third kappa shape index (κ3) is 27.9. The molecule has 0 heterocycles. The molecular formula is C37H62N2O5. The number of nitrogens with one attached hydrogen (secondary N) is 1. The van der Waals surface area contributed by atoms with Gasteiger partial charge in [0.05, 0.1) is 0 Å². The predicted octanol–water partition coefficient (Wildman–Crippen LogP) is 8.66. The highest BCUT2D eigenvalue weighted by molar-refractivity contribution is 5.83. The molecule has 0 fully saturated rings. The van der Waals surface area contributed by atoms with E-state index in [1.807, 2.05) is 0 Å². The standard InChI is InChI=1S/C37H62N2O5/c1-3-5-6-7-8-9-10-11-12-13-14-15-16-17-18-19-20-21-25-31-36(41)44-33(27-4-2)28-23-22-24-30-35(40)39-34(37(42)43)29-26-32-38/h5-6,8-9,11-12,14-15,17-18,33-34H,3-4,7,10,13,16,19-32,38H2,1-2H3,(H,39,40)(H,42,43)/b6-5-,9-8-,12-11-,15-14-,18-17-. The molecule has 0 saturated heterocycles. The van der Waals surface area contributed by atoms with Crippen LogP contribution in [0, 0.1) is 0 Å². The van der Waals surface area contributed by atoms with Crippen molar-refractivity contribution in [1.29, 1.82) is 0 Å². The monoisotopic (exact) mass is 614 g/mol. The van der Waals surface area contributed by atoms with E-state index < -0.39 is 12.0 Å². The second kappa shape index (κ2) is 31.5. The molecule has 0 saturated carbocycles. The summed E-state index contributed by atoms with van der Waals surface area (Å²) in [6.45, 7) is 4.63. The molecule has 0 radical (unpaired) electrons. The van der Waals surface area contributed by atoms with Crippen molar-refractivity contribution in [3.8, 4) is 0 Å². The maximum atomic E-state index is 12.4. The van der Waals surface area contributed by atoms with Crippen LogP contribution in [0.15, 0.2) is 60.8 Å². The van der Waals surface area contributed by atoms with Gasteiger partial charge in [0.1, 0.15) is 12.1 Å². The quantitative estimate of drug-likeness (QED) is 0.0441. The number of aliphatic carboxylic acids is 1. The first-order valence-electron chi connectivity index (χ1n) is 17.1.